The van der Waals surface area contributed by atoms with Crippen molar-refractivity contribution in [1.29, 1.82) is 0 Å². The van der Waals surface area contributed by atoms with Crippen molar-refractivity contribution < 1.29 is 4.74 Å². The molecule has 0 radical (unpaired) electrons. The van der Waals surface area contributed by atoms with Crippen molar-refractivity contribution in [1.82, 2.24) is 0 Å². The Hall–Kier alpha value is -1.22. The molecule has 1 aromatic carbocycles. The van der Waals surface area contributed by atoms with Gasteiger partial charge in [-0.2, -0.15) is 0 Å². The second-order valence-corrected chi connectivity index (χ2v) is 4.69. The van der Waals surface area contributed by atoms with E-state index in [1.54, 1.807) is 0 Å². The van der Waals surface area contributed by atoms with Gasteiger partial charge in [0, 0.05) is 30.9 Å². The number of nitrogens with two attached hydrogens (primary N) is 1. The van der Waals surface area contributed by atoms with E-state index in [0.717, 1.165) is 38.3 Å². The highest BCUT2D eigenvalue weighted by Gasteiger charge is 2.17. The summed E-state index contributed by atoms with van der Waals surface area (Å²) in [5.41, 5.74) is 7.24. The molecule has 3 heteroatoms. The zero-order chi connectivity index (χ0) is 12.1. The zero-order valence-corrected chi connectivity index (χ0v) is 10.6. The summed E-state index contributed by atoms with van der Waals surface area (Å²) < 4.78 is 5.66. The predicted molar refractivity (Wildman–Crippen MR) is 71.7 cm³/mol. The third kappa shape index (κ3) is 3.37. The molecule has 1 fully saturated rings. The van der Waals surface area contributed by atoms with Crippen LogP contribution in [0, 0.1) is 0 Å². The quantitative estimate of drug-likeness (QED) is 0.869. The van der Waals surface area contributed by atoms with Gasteiger partial charge in [-0.3, -0.25) is 0 Å². The largest absolute Gasteiger partial charge is 0.494 e. The first-order valence-corrected chi connectivity index (χ1v) is 6.53. The number of hydrogen-bond acceptors (Lipinski definition) is 3. The average Bonchev–Trinajstić information content (AvgIpc) is 2.37. The molecule has 0 amide bonds. The highest BCUT2D eigenvalue weighted by Crippen LogP contribution is 2.24. The van der Waals surface area contributed by atoms with Gasteiger partial charge >= 0.3 is 0 Å². The smallest absolute Gasteiger partial charge is 0.121 e. The van der Waals surface area contributed by atoms with Crippen molar-refractivity contribution in [3.63, 3.8) is 0 Å². The highest BCUT2D eigenvalue weighted by molar-refractivity contribution is 5.51. The lowest BCUT2D eigenvalue weighted by Gasteiger charge is -2.32. The van der Waals surface area contributed by atoms with Crippen LogP contribution in [-0.4, -0.2) is 25.7 Å². The van der Waals surface area contributed by atoms with E-state index in [4.69, 9.17) is 10.5 Å². The fourth-order valence-electron chi connectivity index (χ4n) is 2.23. The number of benzene rings is 1. The van der Waals surface area contributed by atoms with Gasteiger partial charge in [0.2, 0.25) is 0 Å². The maximum Gasteiger partial charge on any atom is 0.121 e. The SMILES string of the molecule is CCCOc1cccc(N2CCCC(N)C2)c1. The molecule has 0 aromatic heterocycles. The number of ether oxygens (including phenoxy) is 1. The summed E-state index contributed by atoms with van der Waals surface area (Å²) >= 11 is 0. The Morgan fingerprint density at radius 3 is 3.12 bits per heavy atom. The lowest BCUT2D eigenvalue weighted by Crippen LogP contribution is -2.42. The van der Waals surface area contributed by atoms with E-state index in [1.807, 2.05) is 6.07 Å². The fourth-order valence-corrected chi connectivity index (χ4v) is 2.23. The van der Waals surface area contributed by atoms with Gasteiger partial charge in [0.25, 0.3) is 0 Å². The van der Waals surface area contributed by atoms with Crippen molar-refractivity contribution in [2.24, 2.45) is 5.73 Å². The summed E-state index contributed by atoms with van der Waals surface area (Å²) in [6.07, 6.45) is 3.36. The van der Waals surface area contributed by atoms with E-state index in [9.17, 15) is 0 Å². The van der Waals surface area contributed by atoms with Gasteiger partial charge < -0.3 is 15.4 Å². The van der Waals surface area contributed by atoms with Crippen LogP contribution in [0.2, 0.25) is 0 Å². The predicted octanol–water partition coefficient (Wildman–Crippen LogP) is 2.40. The average molecular weight is 234 g/mol. The lowest BCUT2D eigenvalue weighted by molar-refractivity contribution is 0.317. The van der Waals surface area contributed by atoms with Gasteiger partial charge in [-0.25, -0.2) is 0 Å². The Kier molecular flexibility index (Phi) is 4.26. The lowest BCUT2D eigenvalue weighted by atomic mass is 10.1. The Morgan fingerprint density at radius 2 is 2.35 bits per heavy atom. The maximum absolute atomic E-state index is 6.01. The number of nitrogens with zero attached hydrogens (tertiary/aromatic N) is 1. The third-order valence-corrected chi connectivity index (χ3v) is 3.11. The molecule has 0 aliphatic carbocycles. The molecule has 1 unspecified atom stereocenters. The minimum Gasteiger partial charge on any atom is -0.494 e. The molecular formula is C14H22N2O. The van der Waals surface area contributed by atoms with Crippen molar-refractivity contribution in [2.45, 2.75) is 32.2 Å². The molecular weight excluding hydrogens is 212 g/mol. The van der Waals surface area contributed by atoms with Crippen LogP contribution in [0.25, 0.3) is 0 Å². The van der Waals surface area contributed by atoms with Gasteiger partial charge in [0.15, 0.2) is 0 Å². The molecule has 2 N–H and O–H groups in total. The van der Waals surface area contributed by atoms with E-state index in [1.165, 1.54) is 12.1 Å². The molecule has 1 atom stereocenters. The van der Waals surface area contributed by atoms with Gasteiger partial charge in [0.1, 0.15) is 5.75 Å². The molecule has 2 rings (SSSR count). The molecule has 0 spiro atoms. The van der Waals surface area contributed by atoms with Crippen LogP contribution in [0.5, 0.6) is 5.75 Å². The Bertz CT molecular complexity index is 354. The number of piperidine rings is 1. The zero-order valence-electron chi connectivity index (χ0n) is 10.6. The van der Waals surface area contributed by atoms with Crippen molar-refractivity contribution in [3.8, 4) is 5.75 Å². The van der Waals surface area contributed by atoms with Crippen molar-refractivity contribution >= 4 is 5.69 Å². The molecule has 1 saturated heterocycles. The highest BCUT2D eigenvalue weighted by atomic mass is 16.5. The van der Waals surface area contributed by atoms with E-state index in [2.05, 4.69) is 30.0 Å². The second kappa shape index (κ2) is 5.92. The minimum absolute atomic E-state index is 0.309. The third-order valence-electron chi connectivity index (χ3n) is 3.11. The standard InChI is InChI=1S/C14H22N2O/c1-2-9-17-14-7-3-6-13(10-14)16-8-4-5-12(15)11-16/h3,6-7,10,12H,2,4-5,8-9,11,15H2,1H3. The van der Waals surface area contributed by atoms with Crippen LogP contribution in [0.4, 0.5) is 5.69 Å². The Balaban J connectivity index is 2.04. The number of rotatable bonds is 4. The first kappa shape index (κ1) is 12.2. The topological polar surface area (TPSA) is 38.5 Å². The van der Waals surface area contributed by atoms with Crippen LogP contribution in [0.3, 0.4) is 0 Å². The summed E-state index contributed by atoms with van der Waals surface area (Å²) in [6.45, 7) is 4.96. The molecule has 1 aliphatic rings. The Morgan fingerprint density at radius 1 is 1.47 bits per heavy atom. The molecule has 1 aliphatic heterocycles. The van der Waals surface area contributed by atoms with E-state index in [0.29, 0.717) is 6.04 Å². The van der Waals surface area contributed by atoms with E-state index >= 15 is 0 Å². The van der Waals surface area contributed by atoms with Crippen LogP contribution < -0.4 is 15.4 Å². The van der Waals surface area contributed by atoms with E-state index in [-0.39, 0.29) is 0 Å². The number of hydrogen-bond donors (Lipinski definition) is 1. The molecule has 3 nitrogen and oxygen atoms in total. The molecule has 0 bridgehead atoms. The van der Waals surface area contributed by atoms with Gasteiger partial charge in [-0.1, -0.05) is 13.0 Å². The summed E-state index contributed by atoms with van der Waals surface area (Å²) in [4.78, 5) is 2.35. The fraction of sp³-hybridized carbons (Fsp3) is 0.571. The summed E-state index contributed by atoms with van der Waals surface area (Å²) in [5.74, 6) is 0.962. The minimum atomic E-state index is 0.309. The maximum atomic E-state index is 6.01. The van der Waals surface area contributed by atoms with Crippen LogP contribution in [-0.2, 0) is 0 Å². The van der Waals surface area contributed by atoms with Crippen LogP contribution >= 0.6 is 0 Å². The number of anilines is 1. The Labute approximate surface area is 104 Å². The molecule has 17 heavy (non-hydrogen) atoms. The van der Waals surface area contributed by atoms with Gasteiger partial charge in [-0.05, 0) is 31.4 Å². The molecule has 0 saturated carbocycles. The molecule has 1 heterocycles. The van der Waals surface area contributed by atoms with E-state index < -0.39 is 0 Å². The summed E-state index contributed by atoms with van der Waals surface area (Å²) in [7, 11) is 0. The van der Waals surface area contributed by atoms with Gasteiger partial charge in [-0.15, -0.1) is 0 Å². The van der Waals surface area contributed by atoms with Crippen LogP contribution in [0.15, 0.2) is 24.3 Å². The summed E-state index contributed by atoms with van der Waals surface area (Å²) in [5, 5.41) is 0. The first-order valence-electron chi connectivity index (χ1n) is 6.53. The second-order valence-electron chi connectivity index (χ2n) is 4.69. The van der Waals surface area contributed by atoms with Crippen LogP contribution in [0.1, 0.15) is 26.2 Å². The molecule has 1 aromatic rings. The van der Waals surface area contributed by atoms with Gasteiger partial charge in [0.05, 0.1) is 6.61 Å². The normalized spacial score (nSPS) is 20.4. The first-order chi connectivity index (χ1) is 8.29. The summed E-state index contributed by atoms with van der Waals surface area (Å²) in [6, 6.07) is 8.64. The molecule has 94 valence electrons. The van der Waals surface area contributed by atoms with Crippen molar-refractivity contribution in [2.75, 3.05) is 24.6 Å². The van der Waals surface area contributed by atoms with Crippen molar-refractivity contribution in [3.05, 3.63) is 24.3 Å². The monoisotopic (exact) mass is 234 g/mol.